The number of anilines is 2. The fourth-order valence-corrected chi connectivity index (χ4v) is 3.87. The van der Waals surface area contributed by atoms with Gasteiger partial charge in [0.2, 0.25) is 0 Å². The Morgan fingerprint density at radius 1 is 1.18 bits per heavy atom. The minimum Gasteiger partial charge on any atom is -0.497 e. The van der Waals surface area contributed by atoms with E-state index in [1.165, 1.54) is 18.3 Å². The van der Waals surface area contributed by atoms with Crippen LogP contribution in [0.1, 0.15) is 52.7 Å². The summed E-state index contributed by atoms with van der Waals surface area (Å²) in [6.07, 6.45) is 1.41. The van der Waals surface area contributed by atoms with Crippen molar-refractivity contribution in [2.24, 2.45) is 5.73 Å². The molecule has 0 aliphatic carbocycles. The molecule has 11 heteroatoms. The maximum atomic E-state index is 13.8. The number of carbonyl (C=O) groups is 3. The molecule has 3 amide bonds. The van der Waals surface area contributed by atoms with Crippen molar-refractivity contribution in [1.29, 1.82) is 0 Å². The van der Waals surface area contributed by atoms with Gasteiger partial charge in [-0.1, -0.05) is 0 Å². The van der Waals surface area contributed by atoms with Crippen molar-refractivity contribution < 1.29 is 23.5 Å². The first-order chi connectivity index (χ1) is 15.5. The number of nitrogen functional groups attached to an aromatic ring is 1. The third kappa shape index (κ3) is 5.14. The van der Waals surface area contributed by atoms with Gasteiger partial charge < -0.3 is 25.9 Å². The molecule has 0 unspecified atom stereocenters. The number of methoxy groups -OCH3 is 1. The molecule has 3 aromatic rings. The van der Waals surface area contributed by atoms with Gasteiger partial charge >= 0.3 is 0 Å². The molecule has 0 saturated carbocycles. The third-order valence-electron chi connectivity index (χ3n) is 4.54. The van der Waals surface area contributed by atoms with E-state index in [4.69, 9.17) is 20.6 Å². The topological polar surface area (TPSA) is 154 Å². The van der Waals surface area contributed by atoms with Crippen LogP contribution in [0.15, 0.2) is 47.1 Å². The van der Waals surface area contributed by atoms with E-state index in [2.05, 4.69) is 9.69 Å². The molecule has 1 aromatic carbocycles. The smallest absolute Gasteiger partial charge is 0.273 e. The van der Waals surface area contributed by atoms with Crippen LogP contribution in [-0.4, -0.2) is 34.7 Å². The highest BCUT2D eigenvalue weighted by molar-refractivity contribution is 7.09. The van der Waals surface area contributed by atoms with Gasteiger partial charge in [0, 0.05) is 11.2 Å². The Hall–Kier alpha value is -3.86. The number of carbonyl (C=O) groups excluding carboxylic acids is 3. The van der Waals surface area contributed by atoms with Crippen LogP contribution in [0.2, 0.25) is 0 Å². The second-order valence-electron chi connectivity index (χ2n) is 8.17. The van der Waals surface area contributed by atoms with Gasteiger partial charge in [-0.15, -0.1) is 0 Å². The molecule has 3 rings (SSSR count). The number of hydrogen-bond acceptors (Lipinski definition) is 8. The van der Waals surface area contributed by atoms with Crippen LogP contribution >= 0.6 is 11.5 Å². The Morgan fingerprint density at radius 3 is 2.33 bits per heavy atom. The summed E-state index contributed by atoms with van der Waals surface area (Å²) in [5, 5.41) is 2.89. The number of rotatable bonds is 7. The predicted octanol–water partition coefficient (Wildman–Crippen LogP) is 2.73. The van der Waals surface area contributed by atoms with Crippen molar-refractivity contribution in [3.8, 4) is 5.75 Å². The zero-order chi connectivity index (χ0) is 24.3. The van der Waals surface area contributed by atoms with Gasteiger partial charge in [-0.05, 0) is 68.7 Å². The Bertz CT molecular complexity index is 1150. The van der Waals surface area contributed by atoms with Gasteiger partial charge in [-0.2, -0.15) is 4.37 Å². The number of nitrogens with zero attached hydrogens (tertiary/aromatic N) is 2. The predicted molar refractivity (Wildman–Crippen MR) is 124 cm³/mol. The van der Waals surface area contributed by atoms with E-state index in [-0.39, 0.29) is 22.0 Å². The van der Waals surface area contributed by atoms with E-state index in [0.717, 1.165) is 11.5 Å². The maximum absolute atomic E-state index is 13.8. The number of nitrogens with one attached hydrogen (secondary N) is 1. The molecule has 1 atom stereocenters. The Morgan fingerprint density at radius 2 is 1.85 bits per heavy atom. The number of ether oxygens (including phenoxy) is 1. The van der Waals surface area contributed by atoms with E-state index in [9.17, 15) is 14.4 Å². The van der Waals surface area contributed by atoms with Crippen LogP contribution < -0.4 is 26.4 Å². The molecule has 0 saturated heterocycles. The molecule has 0 spiro atoms. The van der Waals surface area contributed by atoms with E-state index in [1.54, 1.807) is 36.4 Å². The number of amides is 3. The number of benzene rings is 1. The fraction of sp³-hybridized carbons (Fsp3) is 0.273. The van der Waals surface area contributed by atoms with Crippen LogP contribution in [0.25, 0.3) is 0 Å². The summed E-state index contributed by atoms with van der Waals surface area (Å²) in [5.74, 6) is -1.17. The number of nitrogens with two attached hydrogens (primary N) is 2. The molecule has 0 fully saturated rings. The lowest BCUT2D eigenvalue weighted by atomic mass is 10.1. The quantitative estimate of drug-likeness (QED) is 0.479. The van der Waals surface area contributed by atoms with Gasteiger partial charge in [0.25, 0.3) is 17.7 Å². The molecular weight excluding hydrogens is 446 g/mol. The summed E-state index contributed by atoms with van der Waals surface area (Å²) >= 11 is 0.729. The number of primary amides is 1. The largest absolute Gasteiger partial charge is 0.497 e. The first-order valence-corrected chi connectivity index (χ1v) is 10.7. The second kappa shape index (κ2) is 9.33. The van der Waals surface area contributed by atoms with Crippen LogP contribution in [-0.2, 0) is 4.79 Å². The van der Waals surface area contributed by atoms with E-state index >= 15 is 0 Å². The summed E-state index contributed by atoms with van der Waals surface area (Å²) in [6, 6.07) is 8.60. The molecule has 0 radical (unpaired) electrons. The zero-order valence-corrected chi connectivity index (χ0v) is 19.4. The average Bonchev–Trinajstić information content (AvgIpc) is 3.40. The lowest BCUT2D eigenvalue weighted by Crippen LogP contribution is -2.49. The monoisotopic (exact) mass is 471 g/mol. The highest BCUT2D eigenvalue weighted by Crippen LogP contribution is 2.34. The summed E-state index contributed by atoms with van der Waals surface area (Å²) in [6.45, 7) is 5.47. The van der Waals surface area contributed by atoms with Crippen molar-refractivity contribution in [3.05, 3.63) is 59.0 Å². The van der Waals surface area contributed by atoms with Gasteiger partial charge in [0.05, 0.1) is 19.1 Å². The average molecular weight is 472 g/mol. The lowest BCUT2D eigenvalue weighted by Gasteiger charge is -2.32. The van der Waals surface area contributed by atoms with Crippen molar-refractivity contribution in [2.75, 3.05) is 17.7 Å². The Labute approximate surface area is 194 Å². The van der Waals surface area contributed by atoms with E-state index in [0.29, 0.717) is 11.4 Å². The highest BCUT2D eigenvalue weighted by atomic mass is 32.1. The molecule has 0 aliphatic rings. The SMILES string of the molecule is COc1ccc(N(C(=O)c2snc(C(N)=O)c2N)[C@H](C(=O)NC(C)(C)C)c2ccco2)cc1. The van der Waals surface area contributed by atoms with Crippen molar-refractivity contribution >= 4 is 40.6 Å². The normalized spacial score (nSPS) is 12.1. The van der Waals surface area contributed by atoms with Gasteiger partial charge in [0.1, 0.15) is 16.4 Å². The molecule has 5 N–H and O–H groups in total. The summed E-state index contributed by atoms with van der Waals surface area (Å²) in [5.41, 5.74) is 10.8. The molecular formula is C22H25N5O5S. The van der Waals surface area contributed by atoms with Crippen molar-refractivity contribution in [3.63, 3.8) is 0 Å². The lowest BCUT2D eigenvalue weighted by molar-refractivity contribution is -0.124. The van der Waals surface area contributed by atoms with Crippen LogP contribution in [0.4, 0.5) is 11.4 Å². The molecule has 2 aromatic heterocycles. The number of aromatic nitrogens is 1. The first kappa shape index (κ1) is 23.8. The van der Waals surface area contributed by atoms with Crippen LogP contribution in [0.5, 0.6) is 5.75 Å². The van der Waals surface area contributed by atoms with Gasteiger partial charge in [-0.25, -0.2) is 0 Å². The van der Waals surface area contributed by atoms with E-state index < -0.39 is 29.3 Å². The Balaban J connectivity index is 2.18. The summed E-state index contributed by atoms with van der Waals surface area (Å²) in [4.78, 5) is 40.0. The Kier molecular flexibility index (Phi) is 6.73. The van der Waals surface area contributed by atoms with Crippen LogP contribution in [0.3, 0.4) is 0 Å². The third-order valence-corrected chi connectivity index (χ3v) is 5.39. The minimum absolute atomic E-state index is 0.0280. The number of hydrogen-bond donors (Lipinski definition) is 3. The van der Waals surface area contributed by atoms with Gasteiger partial charge in [0.15, 0.2) is 11.7 Å². The standard InChI is InChI=1S/C22H25N5O5S/c1-22(2,3)25-20(29)17(14-6-5-11-32-14)27(12-7-9-13(31-4)10-8-12)21(30)18-15(23)16(19(24)28)26-33-18/h5-11,17H,23H2,1-4H3,(H2,24,28)(H,25,29)/t17-/m0/s1. The minimum atomic E-state index is -1.18. The summed E-state index contributed by atoms with van der Waals surface area (Å²) in [7, 11) is 1.52. The number of furan rings is 1. The molecule has 10 nitrogen and oxygen atoms in total. The second-order valence-corrected chi connectivity index (χ2v) is 8.94. The summed E-state index contributed by atoms with van der Waals surface area (Å²) < 4.78 is 14.7. The molecule has 2 heterocycles. The molecule has 174 valence electrons. The maximum Gasteiger partial charge on any atom is 0.273 e. The molecule has 0 bridgehead atoms. The zero-order valence-electron chi connectivity index (χ0n) is 18.6. The van der Waals surface area contributed by atoms with Crippen molar-refractivity contribution in [2.45, 2.75) is 32.4 Å². The van der Waals surface area contributed by atoms with Crippen LogP contribution in [0, 0.1) is 0 Å². The first-order valence-electron chi connectivity index (χ1n) is 9.91. The van der Waals surface area contributed by atoms with Crippen molar-refractivity contribution in [1.82, 2.24) is 9.69 Å². The fourth-order valence-electron chi connectivity index (χ4n) is 3.12. The molecule has 0 aliphatic heterocycles. The highest BCUT2D eigenvalue weighted by Gasteiger charge is 2.38. The molecule has 33 heavy (non-hydrogen) atoms. The van der Waals surface area contributed by atoms with Gasteiger partial charge in [-0.3, -0.25) is 19.3 Å². The van der Waals surface area contributed by atoms with E-state index in [1.807, 2.05) is 20.8 Å².